The standard InChI is InChI=1S/C15H22N2O3S/c1-16-21(19,20)12-14-8-5-11-17(14)15(18)10-9-13-6-3-2-4-7-13/h2-4,6-7,14,16H,5,8-12H2,1H3/t14-/m1/s1. The number of hydrogen-bond donors (Lipinski definition) is 1. The third-order valence-corrected chi connectivity index (χ3v) is 5.34. The van der Waals surface area contributed by atoms with Crippen LogP contribution in [-0.4, -0.2) is 44.6 Å². The van der Waals surface area contributed by atoms with Gasteiger partial charge in [-0.2, -0.15) is 0 Å². The van der Waals surface area contributed by atoms with Gasteiger partial charge in [0.15, 0.2) is 0 Å². The van der Waals surface area contributed by atoms with Crippen molar-refractivity contribution in [3.05, 3.63) is 35.9 Å². The lowest BCUT2D eigenvalue weighted by Gasteiger charge is -2.24. The van der Waals surface area contributed by atoms with Crippen LogP contribution >= 0.6 is 0 Å². The summed E-state index contributed by atoms with van der Waals surface area (Å²) in [6, 6.07) is 9.67. The number of likely N-dealkylation sites (tertiary alicyclic amines) is 1. The van der Waals surface area contributed by atoms with Crippen LogP contribution < -0.4 is 4.72 Å². The number of nitrogens with one attached hydrogen (secondary N) is 1. The van der Waals surface area contributed by atoms with Crippen LogP contribution in [0.15, 0.2) is 30.3 Å². The summed E-state index contributed by atoms with van der Waals surface area (Å²) in [6.45, 7) is 0.664. The fraction of sp³-hybridized carbons (Fsp3) is 0.533. The van der Waals surface area contributed by atoms with E-state index in [4.69, 9.17) is 0 Å². The molecular weight excluding hydrogens is 288 g/mol. The van der Waals surface area contributed by atoms with E-state index in [0.29, 0.717) is 19.4 Å². The predicted molar refractivity (Wildman–Crippen MR) is 82.3 cm³/mol. The molecular formula is C15H22N2O3S. The quantitative estimate of drug-likeness (QED) is 0.857. The maximum absolute atomic E-state index is 12.3. The van der Waals surface area contributed by atoms with Gasteiger partial charge in [-0.25, -0.2) is 13.1 Å². The molecule has 1 heterocycles. The molecule has 0 bridgehead atoms. The minimum atomic E-state index is -3.28. The minimum absolute atomic E-state index is 0.000572. The molecule has 1 fully saturated rings. The lowest BCUT2D eigenvalue weighted by molar-refractivity contribution is -0.131. The topological polar surface area (TPSA) is 66.5 Å². The summed E-state index contributed by atoms with van der Waals surface area (Å²) < 4.78 is 25.6. The minimum Gasteiger partial charge on any atom is -0.339 e. The molecule has 0 saturated carbocycles. The third-order valence-electron chi connectivity index (χ3n) is 3.89. The molecule has 0 aromatic heterocycles. The lowest BCUT2D eigenvalue weighted by Crippen LogP contribution is -2.41. The first kappa shape index (κ1) is 16.0. The Morgan fingerprint density at radius 3 is 2.71 bits per heavy atom. The zero-order valence-corrected chi connectivity index (χ0v) is 13.1. The van der Waals surface area contributed by atoms with Crippen LogP contribution in [0.2, 0.25) is 0 Å². The van der Waals surface area contributed by atoms with E-state index in [2.05, 4.69) is 4.72 Å². The van der Waals surface area contributed by atoms with Crippen LogP contribution in [0.3, 0.4) is 0 Å². The lowest BCUT2D eigenvalue weighted by atomic mass is 10.1. The number of hydrogen-bond acceptors (Lipinski definition) is 3. The Hall–Kier alpha value is -1.40. The summed E-state index contributed by atoms with van der Waals surface area (Å²) in [5, 5.41) is 0. The molecule has 1 aliphatic heterocycles. The molecule has 6 heteroatoms. The Kier molecular flexibility index (Phi) is 5.36. The molecule has 1 saturated heterocycles. The number of nitrogens with zero attached hydrogens (tertiary/aromatic N) is 1. The Balaban J connectivity index is 1.92. The third kappa shape index (κ3) is 4.54. The molecule has 0 aliphatic carbocycles. The first-order chi connectivity index (χ1) is 10.0. The normalized spacial score (nSPS) is 18.9. The van der Waals surface area contributed by atoms with E-state index in [9.17, 15) is 13.2 Å². The van der Waals surface area contributed by atoms with Crippen LogP contribution in [0.25, 0.3) is 0 Å². The van der Waals surface area contributed by atoms with Crippen molar-refractivity contribution >= 4 is 15.9 Å². The van der Waals surface area contributed by atoms with E-state index in [1.165, 1.54) is 7.05 Å². The summed E-state index contributed by atoms with van der Waals surface area (Å²) in [4.78, 5) is 14.0. The zero-order chi connectivity index (χ0) is 15.3. The zero-order valence-electron chi connectivity index (χ0n) is 12.3. The van der Waals surface area contributed by atoms with Crippen LogP contribution in [-0.2, 0) is 21.2 Å². The number of rotatable bonds is 6. The van der Waals surface area contributed by atoms with Gasteiger partial charge in [-0.15, -0.1) is 0 Å². The van der Waals surface area contributed by atoms with Crippen molar-refractivity contribution in [1.82, 2.24) is 9.62 Å². The van der Waals surface area contributed by atoms with Gasteiger partial charge in [0.05, 0.1) is 5.75 Å². The average molecular weight is 310 g/mol. The van der Waals surface area contributed by atoms with E-state index in [1.807, 2.05) is 30.3 Å². The SMILES string of the molecule is CNS(=O)(=O)C[C@H]1CCCN1C(=O)CCc1ccccc1. The smallest absolute Gasteiger partial charge is 0.223 e. The van der Waals surface area contributed by atoms with Crippen molar-refractivity contribution in [2.45, 2.75) is 31.7 Å². The molecule has 2 rings (SSSR count). The number of carbonyl (C=O) groups is 1. The number of sulfonamides is 1. The molecule has 1 N–H and O–H groups in total. The molecule has 0 unspecified atom stereocenters. The first-order valence-electron chi connectivity index (χ1n) is 7.26. The summed E-state index contributed by atoms with van der Waals surface area (Å²) in [6.07, 6.45) is 2.76. The monoisotopic (exact) mass is 310 g/mol. The van der Waals surface area contributed by atoms with Gasteiger partial charge in [0.25, 0.3) is 0 Å². The molecule has 1 aliphatic rings. The highest BCUT2D eigenvalue weighted by Crippen LogP contribution is 2.20. The highest BCUT2D eigenvalue weighted by Gasteiger charge is 2.31. The Morgan fingerprint density at radius 1 is 1.33 bits per heavy atom. The molecule has 1 atom stereocenters. The van der Waals surface area contributed by atoms with Crippen molar-refractivity contribution in [3.63, 3.8) is 0 Å². The number of benzene rings is 1. The predicted octanol–water partition coefficient (Wildman–Crippen LogP) is 1.16. The maximum atomic E-state index is 12.3. The molecule has 1 amide bonds. The van der Waals surface area contributed by atoms with Crippen molar-refractivity contribution in [3.8, 4) is 0 Å². The Morgan fingerprint density at radius 2 is 2.05 bits per heavy atom. The van der Waals surface area contributed by atoms with Gasteiger partial charge in [0.2, 0.25) is 15.9 Å². The van der Waals surface area contributed by atoms with E-state index in [0.717, 1.165) is 18.4 Å². The summed E-state index contributed by atoms with van der Waals surface area (Å²) in [5.74, 6) is 0.0493. The van der Waals surface area contributed by atoms with Crippen molar-refractivity contribution in [2.24, 2.45) is 0 Å². The van der Waals surface area contributed by atoms with E-state index in [-0.39, 0.29) is 17.7 Å². The van der Waals surface area contributed by atoms with Crippen molar-refractivity contribution in [2.75, 3.05) is 19.3 Å². The van der Waals surface area contributed by atoms with Crippen molar-refractivity contribution in [1.29, 1.82) is 0 Å². The van der Waals surface area contributed by atoms with Gasteiger partial charge in [-0.1, -0.05) is 30.3 Å². The van der Waals surface area contributed by atoms with Crippen LogP contribution in [0.5, 0.6) is 0 Å². The average Bonchev–Trinajstić information content (AvgIpc) is 2.93. The molecule has 0 radical (unpaired) electrons. The van der Waals surface area contributed by atoms with Crippen LogP contribution in [0, 0.1) is 0 Å². The van der Waals surface area contributed by atoms with Crippen molar-refractivity contribution < 1.29 is 13.2 Å². The van der Waals surface area contributed by atoms with E-state index in [1.54, 1.807) is 4.90 Å². The first-order valence-corrected chi connectivity index (χ1v) is 8.91. The van der Waals surface area contributed by atoms with E-state index >= 15 is 0 Å². The highest BCUT2D eigenvalue weighted by molar-refractivity contribution is 7.89. The maximum Gasteiger partial charge on any atom is 0.223 e. The second-order valence-electron chi connectivity index (χ2n) is 5.35. The molecule has 1 aromatic rings. The van der Waals surface area contributed by atoms with Crippen LogP contribution in [0.1, 0.15) is 24.8 Å². The van der Waals surface area contributed by atoms with E-state index < -0.39 is 10.0 Å². The van der Waals surface area contributed by atoms with Gasteiger partial charge in [-0.3, -0.25) is 4.79 Å². The molecule has 116 valence electrons. The van der Waals surface area contributed by atoms with Gasteiger partial charge in [0.1, 0.15) is 0 Å². The summed E-state index contributed by atoms with van der Waals surface area (Å²) >= 11 is 0. The second kappa shape index (κ2) is 7.04. The largest absolute Gasteiger partial charge is 0.339 e. The van der Waals surface area contributed by atoms with Gasteiger partial charge in [-0.05, 0) is 31.9 Å². The fourth-order valence-corrected chi connectivity index (χ4v) is 3.73. The summed E-state index contributed by atoms with van der Waals surface area (Å²) in [7, 11) is -1.87. The summed E-state index contributed by atoms with van der Waals surface area (Å²) in [5.41, 5.74) is 1.13. The number of amides is 1. The Labute approximate surface area is 126 Å². The van der Waals surface area contributed by atoms with Gasteiger partial charge in [0, 0.05) is 19.0 Å². The molecule has 1 aromatic carbocycles. The van der Waals surface area contributed by atoms with Gasteiger partial charge >= 0.3 is 0 Å². The second-order valence-corrected chi connectivity index (χ2v) is 7.33. The number of carbonyl (C=O) groups excluding carboxylic acids is 1. The van der Waals surface area contributed by atoms with Crippen LogP contribution in [0.4, 0.5) is 0 Å². The highest BCUT2D eigenvalue weighted by atomic mass is 32.2. The molecule has 0 spiro atoms. The molecule has 21 heavy (non-hydrogen) atoms. The number of aryl methyl sites for hydroxylation is 1. The molecule has 5 nitrogen and oxygen atoms in total. The Bertz CT molecular complexity index is 572. The van der Waals surface area contributed by atoms with Gasteiger partial charge < -0.3 is 4.90 Å². The fourth-order valence-electron chi connectivity index (χ4n) is 2.71.